The number of carbonyl (C=O) groups is 1. The molecule has 0 fully saturated rings. The number of aliphatic imine (C=N–C) groups is 1. The first-order chi connectivity index (χ1) is 15.5. The summed E-state index contributed by atoms with van der Waals surface area (Å²) in [6.07, 6.45) is 0.802. The van der Waals surface area contributed by atoms with Gasteiger partial charge in [0.05, 0.1) is 13.7 Å². The van der Waals surface area contributed by atoms with Gasteiger partial charge in [-0.2, -0.15) is 0 Å². The molecule has 0 heterocycles. The van der Waals surface area contributed by atoms with Crippen molar-refractivity contribution in [2.24, 2.45) is 4.99 Å². The van der Waals surface area contributed by atoms with Crippen molar-refractivity contribution in [3.63, 3.8) is 0 Å². The van der Waals surface area contributed by atoms with Crippen molar-refractivity contribution >= 4 is 22.6 Å². The Morgan fingerprint density at radius 2 is 1.75 bits per heavy atom. The standard InChI is InChI=1S/C26H32N4O2/c1-5-27-26(28-14-13-19-7-6-8-23(15-19)25(31)30(2)3)29-18-20-9-10-22-17-24(32-4)12-11-21(22)16-20/h6-12,15-17H,5,13-14,18H2,1-4H3,(H2,27,28,29). The number of nitrogens with zero attached hydrogens (tertiary/aromatic N) is 2. The maximum atomic E-state index is 12.2. The van der Waals surface area contributed by atoms with Crippen molar-refractivity contribution in [1.82, 2.24) is 15.5 Å². The number of nitrogens with one attached hydrogen (secondary N) is 2. The number of ether oxygens (including phenoxy) is 1. The number of carbonyl (C=O) groups excluding carboxylic acids is 1. The minimum absolute atomic E-state index is 0.0172. The first-order valence-electron chi connectivity index (χ1n) is 10.9. The highest BCUT2D eigenvalue weighted by Gasteiger charge is 2.08. The van der Waals surface area contributed by atoms with Crippen molar-refractivity contribution in [2.75, 3.05) is 34.3 Å². The summed E-state index contributed by atoms with van der Waals surface area (Å²) in [6, 6.07) is 20.2. The summed E-state index contributed by atoms with van der Waals surface area (Å²) in [7, 11) is 5.21. The van der Waals surface area contributed by atoms with Crippen molar-refractivity contribution < 1.29 is 9.53 Å². The van der Waals surface area contributed by atoms with Crippen LogP contribution >= 0.6 is 0 Å². The van der Waals surface area contributed by atoms with Crippen LogP contribution in [0.3, 0.4) is 0 Å². The first kappa shape index (κ1) is 23.1. The molecule has 0 bridgehead atoms. The fourth-order valence-electron chi connectivity index (χ4n) is 3.45. The minimum Gasteiger partial charge on any atom is -0.497 e. The minimum atomic E-state index is 0.0172. The average molecular weight is 433 g/mol. The van der Waals surface area contributed by atoms with Gasteiger partial charge in [-0.15, -0.1) is 0 Å². The molecule has 32 heavy (non-hydrogen) atoms. The number of rotatable bonds is 8. The smallest absolute Gasteiger partial charge is 0.253 e. The van der Waals surface area contributed by atoms with E-state index in [0.717, 1.165) is 47.7 Å². The zero-order valence-electron chi connectivity index (χ0n) is 19.3. The van der Waals surface area contributed by atoms with E-state index < -0.39 is 0 Å². The van der Waals surface area contributed by atoms with Crippen LogP contribution in [0.15, 0.2) is 65.7 Å². The van der Waals surface area contributed by atoms with Gasteiger partial charge in [0.1, 0.15) is 5.75 Å². The highest BCUT2D eigenvalue weighted by Crippen LogP contribution is 2.22. The number of guanidine groups is 1. The molecule has 0 aliphatic carbocycles. The topological polar surface area (TPSA) is 66.0 Å². The third kappa shape index (κ3) is 6.23. The van der Waals surface area contributed by atoms with Gasteiger partial charge in [0.25, 0.3) is 5.91 Å². The second-order valence-electron chi connectivity index (χ2n) is 7.82. The molecule has 0 aliphatic heterocycles. The lowest BCUT2D eigenvalue weighted by Gasteiger charge is -2.13. The quantitative estimate of drug-likeness (QED) is 0.419. The number of hydrogen-bond donors (Lipinski definition) is 2. The molecule has 2 N–H and O–H groups in total. The second-order valence-corrected chi connectivity index (χ2v) is 7.82. The maximum Gasteiger partial charge on any atom is 0.253 e. The number of fused-ring (bicyclic) bond motifs is 1. The molecule has 1 amide bonds. The molecule has 0 spiro atoms. The van der Waals surface area contributed by atoms with Crippen LogP contribution in [0, 0.1) is 0 Å². The van der Waals surface area contributed by atoms with E-state index in [4.69, 9.17) is 9.73 Å². The molecule has 0 atom stereocenters. The molecule has 6 heteroatoms. The Morgan fingerprint density at radius 1 is 0.969 bits per heavy atom. The normalized spacial score (nSPS) is 11.3. The Morgan fingerprint density at radius 3 is 2.50 bits per heavy atom. The van der Waals surface area contributed by atoms with Crippen LogP contribution in [-0.2, 0) is 13.0 Å². The molecule has 3 aromatic carbocycles. The number of benzene rings is 3. The van der Waals surface area contributed by atoms with Crippen LogP contribution in [0.25, 0.3) is 10.8 Å². The lowest BCUT2D eigenvalue weighted by atomic mass is 10.1. The predicted molar refractivity (Wildman–Crippen MR) is 131 cm³/mol. The average Bonchev–Trinajstić information content (AvgIpc) is 2.81. The van der Waals surface area contributed by atoms with Crippen LogP contribution in [0.4, 0.5) is 0 Å². The van der Waals surface area contributed by atoms with Gasteiger partial charge in [0.15, 0.2) is 5.96 Å². The van der Waals surface area contributed by atoms with Gasteiger partial charge in [0, 0.05) is 32.7 Å². The summed E-state index contributed by atoms with van der Waals surface area (Å²) in [5, 5.41) is 9.01. The lowest BCUT2D eigenvalue weighted by molar-refractivity contribution is 0.0827. The molecule has 0 unspecified atom stereocenters. The summed E-state index contributed by atoms with van der Waals surface area (Å²) in [6.45, 7) is 4.15. The molecule has 3 aromatic rings. The molecular formula is C26H32N4O2. The van der Waals surface area contributed by atoms with Crippen molar-refractivity contribution in [3.8, 4) is 5.75 Å². The summed E-state index contributed by atoms with van der Waals surface area (Å²) in [4.78, 5) is 18.5. The Balaban J connectivity index is 1.61. The van der Waals surface area contributed by atoms with E-state index in [0.29, 0.717) is 12.1 Å². The third-order valence-electron chi connectivity index (χ3n) is 5.16. The Kier molecular flexibility index (Phi) is 8.08. The molecule has 168 valence electrons. The Hall–Kier alpha value is -3.54. The second kappa shape index (κ2) is 11.2. The fraction of sp³-hybridized carbons (Fsp3) is 0.308. The Labute approximate surface area is 190 Å². The van der Waals surface area contributed by atoms with E-state index in [1.807, 2.05) is 36.4 Å². The van der Waals surface area contributed by atoms with Gasteiger partial charge in [-0.25, -0.2) is 4.99 Å². The zero-order valence-corrected chi connectivity index (χ0v) is 19.3. The van der Waals surface area contributed by atoms with Gasteiger partial charge in [0.2, 0.25) is 0 Å². The summed E-state index contributed by atoms with van der Waals surface area (Å²) in [5.41, 5.74) is 2.97. The van der Waals surface area contributed by atoms with Gasteiger partial charge in [-0.3, -0.25) is 4.79 Å². The van der Waals surface area contributed by atoms with Gasteiger partial charge >= 0.3 is 0 Å². The largest absolute Gasteiger partial charge is 0.497 e. The SMILES string of the molecule is CCNC(=NCc1ccc2cc(OC)ccc2c1)NCCc1cccc(C(=O)N(C)C)c1. The van der Waals surface area contributed by atoms with E-state index >= 15 is 0 Å². The summed E-state index contributed by atoms with van der Waals surface area (Å²) < 4.78 is 5.30. The van der Waals surface area contributed by atoms with Crippen molar-refractivity contribution in [3.05, 3.63) is 77.4 Å². The number of amides is 1. The van der Waals surface area contributed by atoms with Gasteiger partial charge < -0.3 is 20.3 Å². The number of hydrogen-bond acceptors (Lipinski definition) is 3. The zero-order chi connectivity index (χ0) is 22.9. The van der Waals surface area contributed by atoms with Crippen LogP contribution < -0.4 is 15.4 Å². The number of methoxy groups -OCH3 is 1. The van der Waals surface area contributed by atoms with Crippen LogP contribution in [0.2, 0.25) is 0 Å². The maximum absolute atomic E-state index is 12.2. The molecule has 3 rings (SSSR count). The van der Waals surface area contributed by atoms with Gasteiger partial charge in [-0.05, 0) is 65.6 Å². The van der Waals surface area contributed by atoms with E-state index in [-0.39, 0.29) is 5.91 Å². The first-order valence-corrected chi connectivity index (χ1v) is 10.9. The highest BCUT2D eigenvalue weighted by atomic mass is 16.5. The van der Waals surface area contributed by atoms with Crippen LogP contribution in [0.1, 0.15) is 28.4 Å². The predicted octanol–water partition coefficient (Wildman–Crippen LogP) is 3.85. The Bertz CT molecular complexity index is 1090. The highest BCUT2D eigenvalue weighted by molar-refractivity contribution is 5.94. The van der Waals surface area contributed by atoms with E-state index in [2.05, 4.69) is 41.8 Å². The fourth-order valence-corrected chi connectivity index (χ4v) is 3.45. The lowest BCUT2D eigenvalue weighted by Crippen LogP contribution is -2.38. The van der Waals surface area contributed by atoms with Crippen LogP contribution in [0.5, 0.6) is 5.75 Å². The molecule has 0 radical (unpaired) electrons. The molecule has 0 aliphatic rings. The molecule has 6 nitrogen and oxygen atoms in total. The molecular weight excluding hydrogens is 400 g/mol. The monoisotopic (exact) mass is 432 g/mol. The molecule has 0 saturated heterocycles. The van der Waals surface area contributed by atoms with E-state index in [1.54, 1.807) is 26.1 Å². The van der Waals surface area contributed by atoms with E-state index in [1.165, 1.54) is 5.39 Å². The third-order valence-corrected chi connectivity index (χ3v) is 5.16. The van der Waals surface area contributed by atoms with Crippen LogP contribution in [-0.4, -0.2) is 51.1 Å². The molecule has 0 aromatic heterocycles. The molecule has 0 saturated carbocycles. The summed E-state index contributed by atoms with van der Waals surface area (Å²) in [5.74, 6) is 1.66. The summed E-state index contributed by atoms with van der Waals surface area (Å²) >= 11 is 0. The van der Waals surface area contributed by atoms with Crippen molar-refractivity contribution in [2.45, 2.75) is 19.9 Å². The van der Waals surface area contributed by atoms with Crippen molar-refractivity contribution in [1.29, 1.82) is 0 Å². The van der Waals surface area contributed by atoms with E-state index in [9.17, 15) is 4.79 Å². The van der Waals surface area contributed by atoms with Gasteiger partial charge in [-0.1, -0.05) is 30.3 Å².